The van der Waals surface area contributed by atoms with Crippen molar-refractivity contribution in [2.24, 2.45) is 5.10 Å². The van der Waals surface area contributed by atoms with Crippen LogP contribution in [-0.2, 0) is 0 Å². The van der Waals surface area contributed by atoms with Crippen molar-refractivity contribution in [1.29, 1.82) is 0 Å². The molecular formula is C22H18N2O4. The van der Waals surface area contributed by atoms with Gasteiger partial charge in [0.2, 0.25) is 0 Å². The van der Waals surface area contributed by atoms with E-state index in [1.165, 1.54) is 6.21 Å². The number of rotatable bonds is 5. The fourth-order valence-electron chi connectivity index (χ4n) is 3.06. The van der Waals surface area contributed by atoms with E-state index >= 15 is 0 Å². The van der Waals surface area contributed by atoms with Crippen LogP contribution in [0.4, 0.5) is 0 Å². The number of hydrogen-bond donors (Lipinski definition) is 1. The zero-order chi connectivity index (χ0) is 19.5. The van der Waals surface area contributed by atoms with Gasteiger partial charge in [0.1, 0.15) is 5.58 Å². The third kappa shape index (κ3) is 3.27. The number of nitrogens with one attached hydrogen (secondary N) is 1. The molecule has 0 aliphatic carbocycles. The zero-order valence-corrected chi connectivity index (χ0v) is 15.4. The van der Waals surface area contributed by atoms with Crippen LogP contribution >= 0.6 is 0 Å². The zero-order valence-electron chi connectivity index (χ0n) is 15.4. The van der Waals surface area contributed by atoms with E-state index in [4.69, 9.17) is 13.9 Å². The van der Waals surface area contributed by atoms with Crippen molar-refractivity contribution in [3.05, 3.63) is 72.0 Å². The highest BCUT2D eigenvalue weighted by Gasteiger charge is 2.13. The fourth-order valence-corrected chi connectivity index (χ4v) is 3.06. The Bertz CT molecular complexity index is 1190. The van der Waals surface area contributed by atoms with Gasteiger partial charge in [0, 0.05) is 5.39 Å². The molecular weight excluding hydrogens is 356 g/mol. The molecule has 1 aromatic heterocycles. The van der Waals surface area contributed by atoms with Crippen molar-refractivity contribution < 1.29 is 18.7 Å². The largest absolute Gasteiger partial charge is 0.493 e. The van der Waals surface area contributed by atoms with Crippen LogP contribution in [0.15, 0.2) is 70.2 Å². The third-order valence-corrected chi connectivity index (χ3v) is 4.44. The minimum atomic E-state index is -0.419. The topological polar surface area (TPSA) is 73.1 Å². The van der Waals surface area contributed by atoms with E-state index in [2.05, 4.69) is 10.5 Å². The summed E-state index contributed by atoms with van der Waals surface area (Å²) in [7, 11) is 3.13. The van der Waals surface area contributed by atoms with Crippen LogP contribution in [0.3, 0.4) is 0 Å². The molecule has 0 bridgehead atoms. The summed E-state index contributed by atoms with van der Waals surface area (Å²) in [6, 6.07) is 18.9. The highest BCUT2D eigenvalue weighted by molar-refractivity contribution is 6.08. The normalized spacial score (nSPS) is 11.2. The molecule has 0 aliphatic rings. The molecule has 4 rings (SSSR count). The number of ether oxygens (including phenoxy) is 2. The molecule has 0 radical (unpaired) electrons. The molecule has 0 spiro atoms. The molecule has 140 valence electrons. The Labute approximate surface area is 161 Å². The van der Waals surface area contributed by atoms with Crippen LogP contribution in [-0.4, -0.2) is 26.3 Å². The lowest BCUT2D eigenvalue weighted by molar-refractivity contribution is 0.0929. The van der Waals surface area contributed by atoms with Gasteiger partial charge in [0.15, 0.2) is 17.3 Å². The van der Waals surface area contributed by atoms with Crippen molar-refractivity contribution in [2.45, 2.75) is 0 Å². The smallest absolute Gasteiger partial charge is 0.307 e. The van der Waals surface area contributed by atoms with Gasteiger partial charge in [0.05, 0.1) is 20.4 Å². The molecule has 1 heterocycles. The van der Waals surface area contributed by atoms with E-state index in [0.29, 0.717) is 17.1 Å². The Balaban J connectivity index is 1.54. The maximum absolute atomic E-state index is 12.4. The first-order chi connectivity index (χ1) is 13.7. The minimum Gasteiger partial charge on any atom is -0.493 e. The van der Waals surface area contributed by atoms with Crippen LogP contribution in [0, 0.1) is 0 Å². The molecule has 6 nitrogen and oxygen atoms in total. The predicted molar refractivity (Wildman–Crippen MR) is 108 cm³/mol. The number of hydrogen-bond acceptors (Lipinski definition) is 5. The monoisotopic (exact) mass is 374 g/mol. The summed E-state index contributed by atoms with van der Waals surface area (Å²) in [6.45, 7) is 0. The van der Waals surface area contributed by atoms with Crippen LogP contribution in [0.25, 0.3) is 21.7 Å². The second-order valence-electron chi connectivity index (χ2n) is 6.12. The van der Waals surface area contributed by atoms with E-state index in [-0.39, 0.29) is 5.76 Å². The first-order valence-electron chi connectivity index (χ1n) is 8.66. The van der Waals surface area contributed by atoms with Crippen LogP contribution in [0.1, 0.15) is 16.1 Å². The van der Waals surface area contributed by atoms with E-state index in [0.717, 1.165) is 21.7 Å². The van der Waals surface area contributed by atoms with Crippen molar-refractivity contribution in [1.82, 2.24) is 5.43 Å². The molecule has 0 unspecified atom stereocenters. The molecule has 0 saturated heterocycles. The molecule has 28 heavy (non-hydrogen) atoms. The average molecular weight is 374 g/mol. The van der Waals surface area contributed by atoms with Gasteiger partial charge < -0.3 is 13.9 Å². The number of carbonyl (C=O) groups excluding carboxylic acids is 1. The number of furan rings is 1. The first kappa shape index (κ1) is 17.6. The predicted octanol–water partition coefficient (Wildman–Crippen LogP) is 4.37. The summed E-state index contributed by atoms with van der Waals surface area (Å²) in [4.78, 5) is 12.4. The number of methoxy groups -OCH3 is 2. The molecule has 1 amide bonds. The molecule has 4 aromatic rings. The molecule has 3 aromatic carbocycles. The van der Waals surface area contributed by atoms with E-state index in [1.807, 2.05) is 42.5 Å². The van der Waals surface area contributed by atoms with E-state index in [9.17, 15) is 4.79 Å². The van der Waals surface area contributed by atoms with Crippen LogP contribution in [0.2, 0.25) is 0 Å². The van der Waals surface area contributed by atoms with Gasteiger partial charge in [-0.15, -0.1) is 0 Å². The summed E-state index contributed by atoms with van der Waals surface area (Å²) in [5.74, 6) is 0.993. The van der Waals surface area contributed by atoms with Gasteiger partial charge in [-0.1, -0.05) is 30.3 Å². The first-order valence-corrected chi connectivity index (χ1v) is 8.66. The average Bonchev–Trinajstić information content (AvgIpc) is 3.18. The number of hydrazone groups is 1. The Morgan fingerprint density at radius 1 is 0.964 bits per heavy atom. The van der Waals surface area contributed by atoms with Crippen molar-refractivity contribution >= 4 is 33.9 Å². The quantitative estimate of drug-likeness (QED) is 0.416. The second kappa shape index (κ2) is 7.44. The Kier molecular flexibility index (Phi) is 4.68. The maximum Gasteiger partial charge on any atom is 0.307 e. The summed E-state index contributed by atoms with van der Waals surface area (Å²) < 4.78 is 16.1. The highest BCUT2D eigenvalue weighted by Crippen LogP contribution is 2.28. The van der Waals surface area contributed by atoms with Crippen molar-refractivity contribution in [3.8, 4) is 11.5 Å². The molecule has 0 atom stereocenters. The Morgan fingerprint density at radius 2 is 1.79 bits per heavy atom. The lowest BCUT2D eigenvalue weighted by Crippen LogP contribution is -2.16. The minimum absolute atomic E-state index is 0.204. The molecule has 0 fully saturated rings. The second-order valence-corrected chi connectivity index (χ2v) is 6.12. The van der Waals surface area contributed by atoms with E-state index in [1.54, 1.807) is 32.4 Å². The van der Waals surface area contributed by atoms with Crippen LogP contribution in [0.5, 0.6) is 11.5 Å². The molecule has 1 N–H and O–H groups in total. The third-order valence-electron chi connectivity index (χ3n) is 4.44. The van der Waals surface area contributed by atoms with Gasteiger partial charge in [-0.2, -0.15) is 5.10 Å². The van der Waals surface area contributed by atoms with Crippen molar-refractivity contribution in [3.63, 3.8) is 0 Å². The Morgan fingerprint density at radius 3 is 2.61 bits per heavy atom. The van der Waals surface area contributed by atoms with Gasteiger partial charge >= 0.3 is 5.91 Å². The summed E-state index contributed by atoms with van der Waals surface area (Å²) in [5, 5.41) is 7.03. The molecule has 0 aliphatic heterocycles. The van der Waals surface area contributed by atoms with Gasteiger partial charge in [-0.05, 0) is 46.7 Å². The van der Waals surface area contributed by atoms with E-state index < -0.39 is 5.91 Å². The fraction of sp³-hybridized carbons (Fsp3) is 0.0909. The summed E-state index contributed by atoms with van der Waals surface area (Å²) >= 11 is 0. The number of fused-ring (bicyclic) bond motifs is 3. The summed E-state index contributed by atoms with van der Waals surface area (Å²) in [6.07, 6.45) is 1.53. The standard InChI is InChI=1S/C22H18N2O4/c1-26-19-9-7-14(11-20(19)27-2)13-23-24-22(25)21-12-17-16-6-4-3-5-15(16)8-10-18(17)28-21/h3-13H,1-2H3,(H,24,25)/b23-13-. The molecule has 6 heteroatoms. The number of amides is 1. The summed E-state index contributed by atoms with van der Waals surface area (Å²) in [5.41, 5.74) is 3.91. The lowest BCUT2D eigenvalue weighted by Gasteiger charge is -2.07. The Hall–Kier alpha value is -3.80. The maximum atomic E-state index is 12.4. The van der Waals surface area contributed by atoms with Gasteiger partial charge in [-0.25, -0.2) is 5.43 Å². The number of carbonyl (C=O) groups is 1. The van der Waals surface area contributed by atoms with Crippen LogP contribution < -0.4 is 14.9 Å². The lowest BCUT2D eigenvalue weighted by atomic mass is 10.1. The van der Waals surface area contributed by atoms with Gasteiger partial charge in [-0.3, -0.25) is 4.79 Å². The number of benzene rings is 3. The molecule has 0 saturated carbocycles. The number of nitrogens with zero attached hydrogens (tertiary/aromatic N) is 1. The van der Waals surface area contributed by atoms with Crippen molar-refractivity contribution in [2.75, 3.05) is 14.2 Å². The van der Waals surface area contributed by atoms with Gasteiger partial charge in [0.25, 0.3) is 0 Å². The SMILES string of the molecule is COc1ccc(/C=N\NC(=O)c2cc3c(ccc4ccccc43)o2)cc1OC. The highest BCUT2D eigenvalue weighted by atomic mass is 16.5.